The Balaban J connectivity index is 2.45. The van der Waals surface area contributed by atoms with Gasteiger partial charge in [0.25, 0.3) is 0 Å². The van der Waals surface area contributed by atoms with Crippen molar-refractivity contribution >= 4 is 5.97 Å². The highest BCUT2D eigenvalue weighted by Crippen LogP contribution is 2.41. The van der Waals surface area contributed by atoms with Crippen LogP contribution in [0, 0.1) is 0 Å². The summed E-state index contributed by atoms with van der Waals surface area (Å²) in [7, 11) is 0. The Kier molecular flexibility index (Phi) is 11.7. The van der Waals surface area contributed by atoms with E-state index < -0.39 is 0 Å². The first-order valence-electron chi connectivity index (χ1n) is 12.6. The SMILES string of the molecule is CCCCCCCCCCCCCC(=O)Oc1cc(C(C)(C)C)c(O)c(C(C)(C)C)c1. The minimum absolute atomic E-state index is 0.179. The molecule has 0 atom stereocenters. The van der Waals surface area contributed by atoms with Crippen molar-refractivity contribution in [3.8, 4) is 11.5 Å². The number of aromatic hydroxyl groups is 1. The average molecular weight is 433 g/mol. The fourth-order valence-corrected chi connectivity index (χ4v) is 3.93. The van der Waals surface area contributed by atoms with Crippen LogP contribution in [0.2, 0.25) is 0 Å². The number of phenolic OH excluding ortho intramolecular Hbond substituents is 1. The molecular formula is C28H48O3. The molecule has 0 unspecified atom stereocenters. The van der Waals surface area contributed by atoms with Gasteiger partial charge in [-0.05, 0) is 29.4 Å². The van der Waals surface area contributed by atoms with Crippen LogP contribution in [0.4, 0.5) is 0 Å². The number of unbranched alkanes of at least 4 members (excludes halogenated alkanes) is 10. The molecule has 0 amide bonds. The van der Waals surface area contributed by atoms with Gasteiger partial charge < -0.3 is 9.84 Å². The zero-order valence-electron chi connectivity index (χ0n) is 21.4. The van der Waals surface area contributed by atoms with E-state index in [4.69, 9.17) is 4.74 Å². The average Bonchev–Trinajstić information content (AvgIpc) is 2.65. The van der Waals surface area contributed by atoms with Crippen molar-refractivity contribution in [2.45, 2.75) is 136 Å². The summed E-state index contributed by atoms with van der Waals surface area (Å²) in [6.07, 6.45) is 14.4. The van der Waals surface area contributed by atoms with Gasteiger partial charge in [-0.25, -0.2) is 0 Å². The summed E-state index contributed by atoms with van der Waals surface area (Å²) >= 11 is 0. The lowest BCUT2D eigenvalue weighted by atomic mass is 9.79. The normalized spacial score (nSPS) is 12.2. The number of hydrogen-bond donors (Lipinski definition) is 1. The second kappa shape index (κ2) is 13.1. The minimum Gasteiger partial charge on any atom is -0.507 e. The largest absolute Gasteiger partial charge is 0.507 e. The summed E-state index contributed by atoms with van der Waals surface area (Å²) in [6, 6.07) is 3.64. The fourth-order valence-electron chi connectivity index (χ4n) is 3.93. The number of rotatable bonds is 13. The van der Waals surface area contributed by atoms with Crippen molar-refractivity contribution in [2.75, 3.05) is 0 Å². The van der Waals surface area contributed by atoms with Gasteiger partial charge in [0, 0.05) is 17.5 Å². The van der Waals surface area contributed by atoms with Gasteiger partial charge >= 0.3 is 5.97 Å². The minimum atomic E-state index is -0.234. The van der Waals surface area contributed by atoms with Gasteiger partial charge in [0.15, 0.2) is 0 Å². The Bertz CT molecular complexity index is 627. The summed E-state index contributed by atoms with van der Waals surface area (Å²) in [6.45, 7) is 14.6. The molecule has 0 bridgehead atoms. The van der Waals surface area contributed by atoms with Gasteiger partial charge in [0.1, 0.15) is 11.5 Å². The molecule has 0 heterocycles. The van der Waals surface area contributed by atoms with Crippen LogP contribution in [-0.2, 0) is 15.6 Å². The number of ether oxygens (including phenoxy) is 1. The van der Waals surface area contributed by atoms with Gasteiger partial charge in [-0.3, -0.25) is 4.79 Å². The first-order valence-corrected chi connectivity index (χ1v) is 12.6. The number of benzene rings is 1. The summed E-state index contributed by atoms with van der Waals surface area (Å²) in [5.41, 5.74) is 1.17. The molecule has 0 saturated carbocycles. The molecule has 0 aliphatic heterocycles. The van der Waals surface area contributed by atoms with Gasteiger partial charge in [0.2, 0.25) is 0 Å². The highest BCUT2D eigenvalue weighted by atomic mass is 16.5. The topological polar surface area (TPSA) is 46.5 Å². The maximum Gasteiger partial charge on any atom is 0.311 e. The van der Waals surface area contributed by atoms with E-state index in [1.807, 2.05) is 12.1 Å². The van der Waals surface area contributed by atoms with Crippen LogP contribution in [0.3, 0.4) is 0 Å². The van der Waals surface area contributed by atoms with Crippen molar-refractivity contribution < 1.29 is 14.6 Å². The third-order valence-electron chi connectivity index (χ3n) is 5.92. The van der Waals surface area contributed by atoms with E-state index in [0.717, 1.165) is 24.0 Å². The van der Waals surface area contributed by atoms with Crippen molar-refractivity contribution in [3.63, 3.8) is 0 Å². The third kappa shape index (κ3) is 10.6. The first kappa shape index (κ1) is 27.5. The maximum absolute atomic E-state index is 12.4. The molecule has 1 aromatic carbocycles. The van der Waals surface area contributed by atoms with Crippen molar-refractivity contribution in [1.82, 2.24) is 0 Å². The van der Waals surface area contributed by atoms with Gasteiger partial charge in [0.05, 0.1) is 0 Å². The number of esters is 1. The molecular weight excluding hydrogens is 384 g/mol. The molecule has 0 saturated heterocycles. The maximum atomic E-state index is 12.4. The van der Waals surface area contributed by atoms with Crippen LogP contribution in [0.25, 0.3) is 0 Å². The van der Waals surface area contributed by atoms with Gasteiger partial charge in [-0.15, -0.1) is 0 Å². The Morgan fingerprint density at radius 2 is 1.13 bits per heavy atom. The second-order valence-electron chi connectivity index (χ2n) is 11.1. The van der Waals surface area contributed by atoms with E-state index in [1.165, 1.54) is 57.8 Å². The molecule has 178 valence electrons. The highest BCUT2D eigenvalue weighted by molar-refractivity contribution is 5.72. The smallest absolute Gasteiger partial charge is 0.311 e. The molecule has 3 heteroatoms. The lowest BCUT2D eigenvalue weighted by molar-refractivity contribution is -0.134. The molecule has 31 heavy (non-hydrogen) atoms. The van der Waals surface area contributed by atoms with E-state index in [-0.39, 0.29) is 16.8 Å². The Hall–Kier alpha value is -1.51. The summed E-state index contributed by atoms with van der Waals surface area (Å²) in [5.74, 6) is 0.673. The number of phenols is 1. The van der Waals surface area contributed by atoms with Crippen LogP contribution >= 0.6 is 0 Å². The zero-order valence-corrected chi connectivity index (χ0v) is 21.4. The molecule has 1 rings (SSSR count). The monoisotopic (exact) mass is 432 g/mol. The predicted molar refractivity (Wildman–Crippen MR) is 132 cm³/mol. The molecule has 0 fully saturated rings. The van der Waals surface area contributed by atoms with Crippen LogP contribution in [0.1, 0.15) is 137 Å². The molecule has 1 N–H and O–H groups in total. The molecule has 0 spiro atoms. The standard InChI is InChI=1S/C28H48O3/c1-8-9-10-11-12-13-14-15-16-17-18-19-25(29)31-22-20-23(27(2,3)4)26(30)24(21-22)28(5,6)7/h20-21,30H,8-19H2,1-7H3. The predicted octanol–water partition coefficient (Wildman–Crippen LogP) is 8.59. The molecule has 0 aliphatic carbocycles. The zero-order chi connectivity index (χ0) is 23.5. The van der Waals surface area contributed by atoms with Crippen LogP contribution in [0.5, 0.6) is 11.5 Å². The van der Waals surface area contributed by atoms with Crippen molar-refractivity contribution in [1.29, 1.82) is 0 Å². The van der Waals surface area contributed by atoms with Crippen LogP contribution in [0.15, 0.2) is 12.1 Å². The van der Waals surface area contributed by atoms with Crippen LogP contribution < -0.4 is 4.74 Å². The third-order valence-corrected chi connectivity index (χ3v) is 5.92. The van der Waals surface area contributed by atoms with Crippen LogP contribution in [-0.4, -0.2) is 11.1 Å². The van der Waals surface area contributed by atoms with Crippen molar-refractivity contribution in [3.05, 3.63) is 23.3 Å². The first-order chi connectivity index (χ1) is 14.5. The summed E-state index contributed by atoms with van der Waals surface area (Å²) < 4.78 is 5.68. The lowest BCUT2D eigenvalue weighted by Gasteiger charge is -2.27. The molecule has 0 radical (unpaired) electrons. The van der Waals surface area contributed by atoms with E-state index in [0.29, 0.717) is 17.9 Å². The van der Waals surface area contributed by atoms with E-state index in [9.17, 15) is 9.90 Å². The lowest BCUT2D eigenvalue weighted by Crippen LogP contribution is -2.18. The van der Waals surface area contributed by atoms with E-state index in [2.05, 4.69) is 48.5 Å². The quantitative estimate of drug-likeness (QED) is 0.193. The van der Waals surface area contributed by atoms with Gasteiger partial charge in [-0.1, -0.05) is 113 Å². The molecule has 1 aromatic rings. The van der Waals surface area contributed by atoms with Crippen molar-refractivity contribution in [2.24, 2.45) is 0 Å². The van der Waals surface area contributed by atoms with E-state index in [1.54, 1.807) is 0 Å². The summed E-state index contributed by atoms with van der Waals surface area (Å²) in [4.78, 5) is 12.4. The second-order valence-corrected chi connectivity index (χ2v) is 11.1. The molecule has 0 aliphatic rings. The number of carbonyl (C=O) groups is 1. The highest BCUT2D eigenvalue weighted by Gasteiger charge is 2.27. The van der Waals surface area contributed by atoms with E-state index >= 15 is 0 Å². The molecule has 0 aromatic heterocycles. The molecule has 3 nitrogen and oxygen atoms in total. The fraction of sp³-hybridized carbons (Fsp3) is 0.750. The summed E-state index contributed by atoms with van der Waals surface area (Å²) in [5, 5.41) is 10.8. The Morgan fingerprint density at radius 3 is 1.52 bits per heavy atom. The number of carbonyl (C=O) groups excluding carboxylic acids is 1. The number of hydrogen-bond acceptors (Lipinski definition) is 3. The Labute approximate surface area is 192 Å². The Morgan fingerprint density at radius 1 is 0.742 bits per heavy atom. The van der Waals surface area contributed by atoms with Gasteiger partial charge in [-0.2, -0.15) is 0 Å².